The number of ether oxygens (including phenoxy) is 1. The van der Waals surface area contributed by atoms with Crippen molar-refractivity contribution in [2.24, 2.45) is 0 Å². The van der Waals surface area contributed by atoms with E-state index in [1.165, 1.54) is 23.0 Å². The van der Waals surface area contributed by atoms with E-state index in [2.05, 4.69) is 9.72 Å². The Kier molecular flexibility index (Phi) is 4.74. The molecule has 22 heavy (non-hydrogen) atoms. The number of nitrogens with zero attached hydrogens (tertiary/aromatic N) is 2. The van der Waals surface area contributed by atoms with Crippen molar-refractivity contribution in [1.82, 2.24) is 9.55 Å². The third kappa shape index (κ3) is 4.23. The molecule has 4 nitrogen and oxygen atoms in total. The summed E-state index contributed by atoms with van der Waals surface area (Å²) in [5, 5.41) is 0. The van der Waals surface area contributed by atoms with Gasteiger partial charge in [-0.25, -0.2) is 9.78 Å². The number of thioether (sulfide) groups is 1. The molecule has 2 heterocycles. The molecule has 0 amide bonds. The van der Waals surface area contributed by atoms with Crippen molar-refractivity contribution >= 4 is 17.7 Å². The highest BCUT2D eigenvalue weighted by atomic mass is 32.2. The van der Waals surface area contributed by atoms with Gasteiger partial charge in [0, 0.05) is 23.8 Å². The fourth-order valence-electron chi connectivity index (χ4n) is 1.82. The van der Waals surface area contributed by atoms with Crippen LogP contribution in [0.15, 0.2) is 35.5 Å². The summed E-state index contributed by atoms with van der Waals surface area (Å²) < 4.78 is 56.1. The second-order valence-corrected chi connectivity index (χ2v) is 5.35. The van der Waals surface area contributed by atoms with Crippen molar-refractivity contribution in [2.45, 2.75) is 16.9 Å². The number of carbonyl (C=O) groups is 1. The molecule has 0 fully saturated rings. The molecule has 0 aromatic carbocycles. The molecule has 0 unspecified atom stereocenters. The predicted octanol–water partition coefficient (Wildman–Crippen LogP) is 3.47. The number of alkyl halides is 3. The third-order valence-corrected chi connectivity index (χ3v) is 3.33. The SMILES string of the molecule is COC(=O)c1cc(SC(F)(F)F)cn1Cc1ccnc(F)c1. The Morgan fingerprint density at radius 1 is 1.41 bits per heavy atom. The molecule has 9 heteroatoms. The summed E-state index contributed by atoms with van der Waals surface area (Å²) in [4.78, 5) is 14.9. The van der Waals surface area contributed by atoms with Gasteiger partial charge in [0.15, 0.2) is 0 Å². The second-order valence-electron chi connectivity index (χ2n) is 4.22. The Hall–Kier alpha value is -2.03. The summed E-state index contributed by atoms with van der Waals surface area (Å²) in [7, 11) is 1.13. The van der Waals surface area contributed by atoms with Gasteiger partial charge in [0.1, 0.15) is 5.69 Å². The summed E-state index contributed by atoms with van der Waals surface area (Å²) in [6, 6.07) is 3.72. The maximum Gasteiger partial charge on any atom is 0.446 e. The number of pyridine rings is 1. The van der Waals surface area contributed by atoms with E-state index in [0.29, 0.717) is 5.56 Å². The number of hydrogen-bond donors (Lipinski definition) is 0. The van der Waals surface area contributed by atoms with Crippen LogP contribution in [0.25, 0.3) is 0 Å². The largest absolute Gasteiger partial charge is 0.464 e. The molecule has 0 aliphatic heterocycles. The fraction of sp³-hybridized carbons (Fsp3) is 0.231. The molecule has 2 aromatic heterocycles. The predicted molar refractivity (Wildman–Crippen MR) is 71.0 cm³/mol. The number of rotatable bonds is 4. The third-order valence-electron chi connectivity index (χ3n) is 2.64. The summed E-state index contributed by atoms with van der Waals surface area (Å²) in [5.74, 6) is -1.49. The van der Waals surface area contributed by atoms with Gasteiger partial charge in [-0.3, -0.25) is 0 Å². The van der Waals surface area contributed by atoms with Crippen LogP contribution in [-0.4, -0.2) is 28.1 Å². The minimum atomic E-state index is -4.47. The number of halogens is 4. The standard InChI is InChI=1S/C13H10F4N2O2S/c1-21-12(20)10-5-9(22-13(15,16)17)7-19(10)6-8-2-3-18-11(14)4-8/h2-5,7H,6H2,1H3. The second kappa shape index (κ2) is 6.39. The molecule has 118 valence electrons. The maximum atomic E-state index is 13.1. The van der Waals surface area contributed by atoms with Crippen molar-refractivity contribution in [3.05, 3.63) is 47.8 Å². The van der Waals surface area contributed by atoms with Crippen LogP contribution in [-0.2, 0) is 11.3 Å². The van der Waals surface area contributed by atoms with E-state index in [-0.39, 0.29) is 28.9 Å². The molecule has 2 rings (SSSR count). The Morgan fingerprint density at radius 2 is 2.14 bits per heavy atom. The number of methoxy groups -OCH3 is 1. The first kappa shape index (κ1) is 16.3. The Labute approximate surface area is 127 Å². The van der Waals surface area contributed by atoms with Crippen molar-refractivity contribution in [3.63, 3.8) is 0 Å². The Balaban J connectivity index is 2.33. The van der Waals surface area contributed by atoms with Gasteiger partial charge in [-0.15, -0.1) is 0 Å². The van der Waals surface area contributed by atoms with Gasteiger partial charge in [0.2, 0.25) is 5.95 Å². The van der Waals surface area contributed by atoms with Crippen LogP contribution in [0.4, 0.5) is 17.6 Å². The van der Waals surface area contributed by atoms with E-state index < -0.39 is 17.4 Å². The van der Waals surface area contributed by atoms with Crippen LogP contribution in [0.3, 0.4) is 0 Å². The number of esters is 1. The maximum absolute atomic E-state index is 13.1. The van der Waals surface area contributed by atoms with Gasteiger partial charge in [0.25, 0.3) is 0 Å². The van der Waals surface area contributed by atoms with Gasteiger partial charge in [-0.1, -0.05) is 0 Å². The minimum Gasteiger partial charge on any atom is -0.464 e. The number of aromatic nitrogens is 2. The zero-order chi connectivity index (χ0) is 16.3. The van der Waals surface area contributed by atoms with Gasteiger partial charge in [-0.2, -0.15) is 17.6 Å². The van der Waals surface area contributed by atoms with Crippen LogP contribution in [0.5, 0.6) is 0 Å². The average molecular weight is 334 g/mol. The van der Waals surface area contributed by atoms with E-state index in [1.807, 2.05) is 0 Å². The average Bonchev–Trinajstić information content (AvgIpc) is 2.78. The van der Waals surface area contributed by atoms with Crippen LogP contribution in [0, 0.1) is 5.95 Å². The number of hydrogen-bond acceptors (Lipinski definition) is 4. The molecule has 0 spiro atoms. The molecule has 2 aromatic rings. The monoisotopic (exact) mass is 334 g/mol. The summed E-state index contributed by atoms with van der Waals surface area (Å²) in [6.45, 7) is 0.0162. The quantitative estimate of drug-likeness (QED) is 0.372. The molecule has 0 saturated heterocycles. The lowest BCUT2D eigenvalue weighted by Crippen LogP contribution is -2.10. The van der Waals surface area contributed by atoms with Gasteiger partial charge in [-0.05, 0) is 35.5 Å². The number of carbonyl (C=O) groups excluding carboxylic acids is 1. The minimum absolute atomic E-state index is 0.0162. The smallest absolute Gasteiger partial charge is 0.446 e. The van der Waals surface area contributed by atoms with E-state index in [0.717, 1.165) is 19.2 Å². The molecule has 0 radical (unpaired) electrons. The molecule has 0 N–H and O–H groups in total. The van der Waals surface area contributed by atoms with Crippen molar-refractivity contribution in [2.75, 3.05) is 7.11 Å². The zero-order valence-electron chi connectivity index (χ0n) is 11.2. The molecule has 0 aliphatic carbocycles. The van der Waals surface area contributed by atoms with E-state index in [9.17, 15) is 22.4 Å². The highest BCUT2D eigenvalue weighted by molar-refractivity contribution is 8.00. The molecule has 0 atom stereocenters. The van der Waals surface area contributed by atoms with Crippen LogP contribution < -0.4 is 0 Å². The van der Waals surface area contributed by atoms with E-state index >= 15 is 0 Å². The van der Waals surface area contributed by atoms with Crippen LogP contribution >= 0.6 is 11.8 Å². The summed E-state index contributed by atoms with van der Waals surface area (Å²) >= 11 is -0.338. The van der Waals surface area contributed by atoms with Crippen molar-refractivity contribution in [1.29, 1.82) is 0 Å². The Bertz CT molecular complexity index is 685. The van der Waals surface area contributed by atoms with Crippen molar-refractivity contribution < 1.29 is 27.1 Å². The lowest BCUT2D eigenvalue weighted by Gasteiger charge is -2.07. The Morgan fingerprint density at radius 3 is 2.73 bits per heavy atom. The van der Waals surface area contributed by atoms with Crippen molar-refractivity contribution in [3.8, 4) is 0 Å². The fourth-order valence-corrected chi connectivity index (χ4v) is 2.43. The summed E-state index contributed by atoms with van der Waals surface area (Å²) in [6.07, 6.45) is 2.40. The van der Waals surface area contributed by atoms with Gasteiger partial charge in [0.05, 0.1) is 7.11 Å². The molecular formula is C13H10F4N2O2S. The normalized spacial score (nSPS) is 11.5. The highest BCUT2D eigenvalue weighted by Crippen LogP contribution is 2.37. The zero-order valence-corrected chi connectivity index (χ0v) is 12.0. The lowest BCUT2D eigenvalue weighted by molar-refractivity contribution is -0.0328. The van der Waals surface area contributed by atoms with Crippen LogP contribution in [0.2, 0.25) is 0 Å². The first-order chi connectivity index (χ1) is 10.3. The van der Waals surface area contributed by atoms with Crippen LogP contribution in [0.1, 0.15) is 16.1 Å². The van der Waals surface area contributed by atoms with E-state index in [4.69, 9.17) is 0 Å². The van der Waals surface area contributed by atoms with Gasteiger partial charge >= 0.3 is 11.5 Å². The molecule has 0 bridgehead atoms. The first-order valence-corrected chi connectivity index (χ1v) is 6.75. The molecule has 0 saturated carbocycles. The topological polar surface area (TPSA) is 44.1 Å². The lowest BCUT2D eigenvalue weighted by atomic mass is 10.2. The van der Waals surface area contributed by atoms with E-state index in [1.54, 1.807) is 0 Å². The summed E-state index contributed by atoms with van der Waals surface area (Å²) in [5.41, 5.74) is -4.06. The first-order valence-electron chi connectivity index (χ1n) is 5.93. The van der Waals surface area contributed by atoms with Gasteiger partial charge < -0.3 is 9.30 Å². The highest BCUT2D eigenvalue weighted by Gasteiger charge is 2.30. The molecular weight excluding hydrogens is 324 g/mol. The molecule has 0 aliphatic rings.